The summed E-state index contributed by atoms with van der Waals surface area (Å²) in [6, 6.07) is 8.02. The third-order valence-corrected chi connectivity index (χ3v) is 2.16. The Morgan fingerprint density at radius 1 is 1.13 bits per heavy atom. The van der Waals surface area contributed by atoms with Crippen LogP contribution in [0.15, 0.2) is 37.0 Å². The molecule has 0 bridgehead atoms. The molecule has 0 radical (unpaired) electrons. The molecule has 0 aliphatic carbocycles. The molecule has 0 unspecified atom stereocenters. The smallest absolute Gasteiger partial charge is 0.0314 e. The SMILES string of the molecule is C=CNCCNCCc1ccc(N)cc1. The van der Waals surface area contributed by atoms with Crippen molar-refractivity contribution in [2.24, 2.45) is 0 Å². The molecular formula is C12H19N3. The molecule has 0 aliphatic heterocycles. The molecule has 4 N–H and O–H groups in total. The maximum atomic E-state index is 5.60. The van der Waals surface area contributed by atoms with E-state index in [0.29, 0.717) is 0 Å². The summed E-state index contributed by atoms with van der Waals surface area (Å²) in [4.78, 5) is 0. The van der Waals surface area contributed by atoms with Gasteiger partial charge in [0.05, 0.1) is 0 Å². The van der Waals surface area contributed by atoms with Crippen molar-refractivity contribution in [2.75, 3.05) is 25.4 Å². The Balaban J connectivity index is 2.09. The Morgan fingerprint density at radius 3 is 2.53 bits per heavy atom. The average molecular weight is 205 g/mol. The quantitative estimate of drug-likeness (QED) is 0.462. The minimum absolute atomic E-state index is 0.821. The van der Waals surface area contributed by atoms with Crippen LogP contribution in [0, 0.1) is 0 Å². The second-order valence-corrected chi connectivity index (χ2v) is 3.40. The van der Waals surface area contributed by atoms with Gasteiger partial charge in [0.2, 0.25) is 0 Å². The van der Waals surface area contributed by atoms with Gasteiger partial charge in [0.15, 0.2) is 0 Å². The molecule has 0 spiro atoms. The fourth-order valence-electron chi connectivity index (χ4n) is 1.30. The predicted molar refractivity (Wildman–Crippen MR) is 65.6 cm³/mol. The van der Waals surface area contributed by atoms with E-state index in [0.717, 1.165) is 31.7 Å². The zero-order valence-electron chi connectivity index (χ0n) is 9.00. The lowest BCUT2D eigenvalue weighted by molar-refractivity contribution is 0.660. The summed E-state index contributed by atoms with van der Waals surface area (Å²) in [7, 11) is 0. The lowest BCUT2D eigenvalue weighted by atomic mass is 10.1. The number of nitrogens with one attached hydrogen (secondary N) is 2. The van der Waals surface area contributed by atoms with Crippen LogP contribution in [0.3, 0.4) is 0 Å². The molecule has 1 rings (SSSR count). The zero-order chi connectivity index (χ0) is 10.9. The zero-order valence-corrected chi connectivity index (χ0v) is 9.00. The molecule has 0 aliphatic rings. The van der Waals surface area contributed by atoms with Crippen LogP contribution >= 0.6 is 0 Å². The van der Waals surface area contributed by atoms with E-state index in [9.17, 15) is 0 Å². The van der Waals surface area contributed by atoms with E-state index in [4.69, 9.17) is 5.73 Å². The van der Waals surface area contributed by atoms with E-state index in [1.165, 1.54) is 5.56 Å². The van der Waals surface area contributed by atoms with Crippen molar-refractivity contribution in [3.05, 3.63) is 42.6 Å². The average Bonchev–Trinajstić information content (AvgIpc) is 2.26. The van der Waals surface area contributed by atoms with Gasteiger partial charge in [-0.3, -0.25) is 0 Å². The standard InChI is InChI=1S/C12H19N3/c1-2-14-9-10-15-8-7-11-3-5-12(13)6-4-11/h2-6,14-15H,1,7-10,13H2. The molecule has 0 saturated heterocycles. The Morgan fingerprint density at radius 2 is 1.87 bits per heavy atom. The molecule has 1 aromatic carbocycles. The molecule has 0 aromatic heterocycles. The third-order valence-electron chi connectivity index (χ3n) is 2.16. The first-order valence-electron chi connectivity index (χ1n) is 5.22. The topological polar surface area (TPSA) is 50.1 Å². The van der Waals surface area contributed by atoms with Gasteiger partial charge in [-0.15, -0.1) is 0 Å². The molecule has 3 nitrogen and oxygen atoms in total. The van der Waals surface area contributed by atoms with Crippen LogP contribution in [0.2, 0.25) is 0 Å². The van der Waals surface area contributed by atoms with Crippen molar-refractivity contribution >= 4 is 5.69 Å². The summed E-state index contributed by atoms with van der Waals surface area (Å²) >= 11 is 0. The fraction of sp³-hybridized carbons (Fsp3) is 0.333. The fourth-order valence-corrected chi connectivity index (χ4v) is 1.30. The Hall–Kier alpha value is -1.48. The number of benzene rings is 1. The molecule has 82 valence electrons. The van der Waals surface area contributed by atoms with E-state index >= 15 is 0 Å². The van der Waals surface area contributed by atoms with Gasteiger partial charge < -0.3 is 16.4 Å². The largest absolute Gasteiger partial charge is 0.399 e. The van der Waals surface area contributed by atoms with Crippen molar-refractivity contribution in [2.45, 2.75) is 6.42 Å². The highest BCUT2D eigenvalue weighted by Crippen LogP contribution is 2.05. The number of nitrogens with two attached hydrogens (primary N) is 1. The monoisotopic (exact) mass is 205 g/mol. The van der Waals surface area contributed by atoms with Crippen LogP contribution in [0.1, 0.15) is 5.56 Å². The van der Waals surface area contributed by atoms with Gasteiger partial charge in [-0.25, -0.2) is 0 Å². The molecule has 3 heteroatoms. The van der Waals surface area contributed by atoms with E-state index in [1.807, 2.05) is 12.1 Å². The summed E-state index contributed by atoms with van der Waals surface area (Å²) in [5, 5.41) is 6.38. The maximum absolute atomic E-state index is 5.60. The van der Waals surface area contributed by atoms with Gasteiger partial charge in [0.1, 0.15) is 0 Å². The molecule has 0 atom stereocenters. The Labute approximate surface area is 91.4 Å². The van der Waals surface area contributed by atoms with Crippen LogP contribution in [0.25, 0.3) is 0 Å². The highest BCUT2D eigenvalue weighted by atomic mass is 14.9. The number of anilines is 1. The Bertz CT molecular complexity index is 279. The molecule has 1 aromatic rings. The number of hydrogen-bond donors (Lipinski definition) is 3. The van der Waals surface area contributed by atoms with Crippen LogP contribution < -0.4 is 16.4 Å². The molecule has 0 fully saturated rings. The summed E-state index contributed by atoms with van der Waals surface area (Å²) in [6.45, 7) is 6.45. The van der Waals surface area contributed by atoms with Gasteiger partial charge >= 0.3 is 0 Å². The van der Waals surface area contributed by atoms with Crippen molar-refractivity contribution < 1.29 is 0 Å². The third kappa shape index (κ3) is 5.08. The molecule has 0 heterocycles. The summed E-state index contributed by atoms with van der Waals surface area (Å²) in [6.07, 6.45) is 2.75. The first-order valence-corrected chi connectivity index (χ1v) is 5.22. The van der Waals surface area contributed by atoms with Crippen LogP contribution in [0.4, 0.5) is 5.69 Å². The minimum Gasteiger partial charge on any atom is -0.399 e. The molecular weight excluding hydrogens is 186 g/mol. The predicted octanol–water partition coefficient (Wildman–Crippen LogP) is 1.13. The van der Waals surface area contributed by atoms with Crippen LogP contribution in [-0.4, -0.2) is 19.6 Å². The van der Waals surface area contributed by atoms with E-state index < -0.39 is 0 Å². The molecule has 0 saturated carbocycles. The van der Waals surface area contributed by atoms with Crippen LogP contribution in [0.5, 0.6) is 0 Å². The van der Waals surface area contributed by atoms with Crippen molar-refractivity contribution in [3.63, 3.8) is 0 Å². The van der Waals surface area contributed by atoms with Crippen LogP contribution in [-0.2, 0) is 6.42 Å². The van der Waals surface area contributed by atoms with Gasteiger partial charge in [0.25, 0.3) is 0 Å². The highest BCUT2D eigenvalue weighted by Gasteiger charge is 1.92. The lowest BCUT2D eigenvalue weighted by Gasteiger charge is -2.05. The second-order valence-electron chi connectivity index (χ2n) is 3.40. The summed E-state index contributed by atoms with van der Waals surface area (Å²) in [5.74, 6) is 0. The molecule has 15 heavy (non-hydrogen) atoms. The highest BCUT2D eigenvalue weighted by molar-refractivity contribution is 5.39. The van der Waals surface area contributed by atoms with Gasteiger partial charge in [-0.1, -0.05) is 18.7 Å². The number of hydrogen-bond acceptors (Lipinski definition) is 3. The number of rotatable bonds is 7. The van der Waals surface area contributed by atoms with Crippen molar-refractivity contribution in [1.82, 2.24) is 10.6 Å². The van der Waals surface area contributed by atoms with Gasteiger partial charge in [-0.05, 0) is 36.9 Å². The van der Waals surface area contributed by atoms with Gasteiger partial charge in [-0.2, -0.15) is 0 Å². The normalized spacial score (nSPS) is 9.87. The van der Waals surface area contributed by atoms with E-state index in [1.54, 1.807) is 6.20 Å². The Kier molecular flexibility index (Phi) is 5.33. The number of nitrogen functional groups attached to an aromatic ring is 1. The second kappa shape index (κ2) is 6.90. The summed E-state index contributed by atoms with van der Waals surface area (Å²) in [5.41, 5.74) is 7.74. The summed E-state index contributed by atoms with van der Waals surface area (Å²) < 4.78 is 0. The molecule has 0 amide bonds. The van der Waals surface area contributed by atoms with Gasteiger partial charge in [0, 0.05) is 18.8 Å². The first kappa shape index (κ1) is 11.6. The first-order chi connectivity index (χ1) is 7.33. The van der Waals surface area contributed by atoms with Crippen molar-refractivity contribution in [3.8, 4) is 0 Å². The van der Waals surface area contributed by atoms with Crippen molar-refractivity contribution in [1.29, 1.82) is 0 Å². The van der Waals surface area contributed by atoms with E-state index in [2.05, 4.69) is 29.3 Å². The lowest BCUT2D eigenvalue weighted by Crippen LogP contribution is -2.26. The minimum atomic E-state index is 0.821. The maximum Gasteiger partial charge on any atom is 0.0314 e. The van der Waals surface area contributed by atoms with E-state index in [-0.39, 0.29) is 0 Å².